The van der Waals surface area contributed by atoms with E-state index >= 15 is 0 Å². The zero-order valence-corrected chi connectivity index (χ0v) is 22.3. The van der Waals surface area contributed by atoms with Crippen molar-refractivity contribution >= 4 is 39.1 Å². The van der Waals surface area contributed by atoms with Crippen molar-refractivity contribution in [3.63, 3.8) is 0 Å². The number of ether oxygens (including phenoxy) is 1. The molecule has 1 saturated heterocycles. The van der Waals surface area contributed by atoms with Gasteiger partial charge in [-0.15, -0.1) is 10.2 Å². The molecule has 2 aromatic carbocycles. The van der Waals surface area contributed by atoms with Crippen LogP contribution in [0.25, 0.3) is 0 Å². The standard InChI is InChI=1S/C24H29FN6O4S2/c1-29-22(16-31(37(2,33)34)21-9-5-19(25)6-10-21)27-28-24(29)36-17-23(32)26-20-7-3-18(4-8-20)15-30-11-13-35-14-12-30/h3-10H,11-17H2,1-2H3,(H,26,32). The van der Waals surface area contributed by atoms with Gasteiger partial charge in [-0.05, 0) is 42.0 Å². The third-order valence-corrected chi connectivity index (χ3v) is 7.97. The average Bonchev–Trinajstić information content (AvgIpc) is 3.22. The number of carbonyl (C=O) groups is 1. The maximum Gasteiger partial charge on any atom is 0.234 e. The Kier molecular flexibility index (Phi) is 8.79. The maximum absolute atomic E-state index is 13.3. The lowest BCUT2D eigenvalue weighted by atomic mass is 10.2. The maximum atomic E-state index is 13.3. The summed E-state index contributed by atoms with van der Waals surface area (Å²) in [5.74, 6) is -0.167. The van der Waals surface area contributed by atoms with Crippen LogP contribution in [0.3, 0.4) is 0 Å². The zero-order valence-electron chi connectivity index (χ0n) is 20.6. The predicted octanol–water partition coefficient (Wildman–Crippen LogP) is 2.48. The summed E-state index contributed by atoms with van der Waals surface area (Å²) in [6, 6.07) is 12.9. The lowest BCUT2D eigenvalue weighted by Crippen LogP contribution is -2.35. The third kappa shape index (κ3) is 7.51. The SMILES string of the molecule is Cn1c(CN(c2ccc(F)cc2)S(C)(=O)=O)nnc1SCC(=O)Nc1ccc(CN2CCOCC2)cc1. The van der Waals surface area contributed by atoms with Crippen LogP contribution >= 0.6 is 11.8 Å². The fraction of sp³-hybridized carbons (Fsp3) is 0.375. The number of carbonyl (C=O) groups excluding carboxylic acids is 1. The number of nitrogens with one attached hydrogen (secondary N) is 1. The molecule has 1 N–H and O–H groups in total. The highest BCUT2D eigenvalue weighted by molar-refractivity contribution is 7.99. The molecule has 10 nitrogen and oxygen atoms in total. The first kappa shape index (κ1) is 27.0. The summed E-state index contributed by atoms with van der Waals surface area (Å²) in [6.45, 7) is 4.10. The third-order valence-electron chi connectivity index (χ3n) is 5.80. The van der Waals surface area contributed by atoms with Gasteiger partial charge in [0.1, 0.15) is 5.82 Å². The van der Waals surface area contributed by atoms with Crippen LogP contribution < -0.4 is 9.62 Å². The molecule has 0 radical (unpaired) electrons. The first-order chi connectivity index (χ1) is 17.7. The molecule has 1 aliphatic rings. The van der Waals surface area contributed by atoms with Crippen molar-refractivity contribution < 1.29 is 22.3 Å². The molecule has 1 aromatic heterocycles. The molecule has 0 atom stereocenters. The number of sulfonamides is 1. The fourth-order valence-electron chi connectivity index (χ4n) is 3.78. The number of amides is 1. The Morgan fingerprint density at radius 3 is 2.43 bits per heavy atom. The van der Waals surface area contributed by atoms with Crippen LogP contribution in [-0.4, -0.2) is 72.3 Å². The van der Waals surface area contributed by atoms with Crippen LogP contribution in [0, 0.1) is 5.82 Å². The van der Waals surface area contributed by atoms with Gasteiger partial charge < -0.3 is 14.6 Å². The monoisotopic (exact) mass is 548 g/mol. The lowest BCUT2D eigenvalue weighted by Gasteiger charge is -2.26. The molecule has 2 heterocycles. The number of rotatable bonds is 10. The van der Waals surface area contributed by atoms with Crippen molar-refractivity contribution in [2.24, 2.45) is 7.05 Å². The van der Waals surface area contributed by atoms with Gasteiger partial charge in [0, 0.05) is 32.4 Å². The smallest absolute Gasteiger partial charge is 0.234 e. The van der Waals surface area contributed by atoms with Crippen LogP contribution in [0.1, 0.15) is 11.4 Å². The molecule has 0 aliphatic carbocycles. The highest BCUT2D eigenvalue weighted by Gasteiger charge is 2.22. The van der Waals surface area contributed by atoms with Crippen LogP contribution in [0.5, 0.6) is 0 Å². The van der Waals surface area contributed by atoms with Gasteiger partial charge in [0.2, 0.25) is 15.9 Å². The number of anilines is 2. The van der Waals surface area contributed by atoms with E-state index in [4.69, 9.17) is 4.74 Å². The number of hydrogen-bond donors (Lipinski definition) is 1. The van der Waals surface area contributed by atoms with Crippen LogP contribution in [0.4, 0.5) is 15.8 Å². The van der Waals surface area contributed by atoms with E-state index < -0.39 is 15.8 Å². The molecule has 0 unspecified atom stereocenters. The summed E-state index contributed by atoms with van der Waals surface area (Å²) < 4.78 is 46.2. The van der Waals surface area contributed by atoms with Gasteiger partial charge in [-0.3, -0.25) is 14.0 Å². The van der Waals surface area contributed by atoms with E-state index in [1.54, 1.807) is 11.6 Å². The van der Waals surface area contributed by atoms with Crippen LogP contribution in [0.15, 0.2) is 53.7 Å². The van der Waals surface area contributed by atoms with Gasteiger partial charge in [0.25, 0.3) is 0 Å². The molecule has 1 aliphatic heterocycles. The van der Waals surface area contributed by atoms with E-state index in [-0.39, 0.29) is 18.2 Å². The zero-order chi connectivity index (χ0) is 26.4. The van der Waals surface area contributed by atoms with Crippen molar-refractivity contribution in [2.75, 3.05) is 47.9 Å². The highest BCUT2D eigenvalue weighted by Crippen LogP contribution is 2.23. The number of hydrogen-bond acceptors (Lipinski definition) is 8. The van der Waals surface area contributed by atoms with Crippen LogP contribution in [-0.2, 0) is 39.7 Å². The number of nitrogens with zero attached hydrogens (tertiary/aromatic N) is 5. The second-order valence-corrected chi connectivity index (χ2v) is 11.5. The summed E-state index contributed by atoms with van der Waals surface area (Å²) in [4.78, 5) is 14.8. The quantitative estimate of drug-likeness (QED) is 0.385. The largest absolute Gasteiger partial charge is 0.379 e. The molecule has 0 saturated carbocycles. The van der Waals surface area contributed by atoms with Crippen molar-refractivity contribution in [1.29, 1.82) is 0 Å². The summed E-state index contributed by atoms with van der Waals surface area (Å²) in [7, 11) is -1.96. The minimum Gasteiger partial charge on any atom is -0.379 e. The number of halogens is 1. The van der Waals surface area contributed by atoms with Gasteiger partial charge in [-0.2, -0.15) is 0 Å². The molecule has 4 rings (SSSR count). The van der Waals surface area contributed by atoms with Gasteiger partial charge in [-0.1, -0.05) is 23.9 Å². The second kappa shape index (κ2) is 12.0. The Hall–Kier alpha value is -3.00. The number of morpholine rings is 1. The highest BCUT2D eigenvalue weighted by atomic mass is 32.2. The Morgan fingerprint density at radius 2 is 1.78 bits per heavy atom. The molecule has 198 valence electrons. The van der Waals surface area contributed by atoms with E-state index in [1.807, 2.05) is 24.3 Å². The van der Waals surface area contributed by atoms with Gasteiger partial charge in [0.05, 0.1) is 37.5 Å². The summed E-state index contributed by atoms with van der Waals surface area (Å²) in [5, 5.41) is 11.6. The van der Waals surface area contributed by atoms with Crippen molar-refractivity contribution in [2.45, 2.75) is 18.2 Å². The Balaban J connectivity index is 1.32. The summed E-state index contributed by atoms with van der Waals surface area (Å²) in [5.41, 5.74) is 2.19. The predicted molar refractivity (Wildman–Crippen MR) is 140 cm³/mol. The number of aromatic nitrogens is 3. The molecule has 1 fully saturated rings. The molecular weight excluding hydrogens is 519 g/mol. The van der Waals surface area contributed by atoms with Crippen molar-refractivity contribution in [3.05, 3.63) is 65.7 Å². The first-order valence-electron chi connectivity index (χ1n) is 11.6. The van der Waals surface area contributed by atoms with Crippen LogP contribution in [0.2, 0.25) is 0 Å². The fourth-order valence-corrected chi connectivity index (χ4v) is 5.37. The van der Waals surface area contributed by atoms with Crippen molar-refractivity contribution in [3.8, 4) is 0 Å². The Morgan fingerprint density at radius 1 is 1.11 bits per heavy atom. The van der Waals surface area contributed by atoms with E-state index in [1.165, 1.54) is 41.6 Å². The normalized spacial score (nSPS) is 14.5. The Bertz CT molecular complexity index is 1310. The van der Waals surface area contributed by atoms with Gasteiger partial charge in [0.15, 0.2) is 11.0 Å². The molecule has 37 heavy (non-hydrogen) atoms. The van der Waals surface area contributed by atoms with Crippen molar-refractivity contribution in [1.82, 2.24) is 19.7 Å². The summed E-state index contributed by atoms with van der Waals surface area (Å²) in [6.07, 6.45) is 1.07. The minimum absolute atomic E-state index is 0.0858. The van der Waals surface area contributed by atoms with E-state index in [0.29, 0.717) is 22.4 Å². The molecule has 13 heteroatoms. The average molecular weight is 549 g/mol. The first-order valence-corrected chi connectivity index (χ1v) is 14.5. The van der Waals surface area contributed by atoms with E-state index in [9.17, 15) is 17.6 Å². The molecule has 0 spiro atoms. The second-order valence-electron chi connectivity index (χ2n) is 8.63. The van der Waals surface area contributed by atoms with E-state index in [2.05, 4.69) is 20.4 Å². The molecular formula is C24H29FN6O4S2. The molecule has 1 amide bonds. The minimum atomic E-state index is -3.66. The molecule has 0 bridgehead atoms. The number of thioether (sulfide) groups is 1. The topological polar surface area (TPSA) is 110 Å². The summed E-state index contributed by atoms with van der Waals surface area (Å²) >= 11 is 1.20. The Labute approximate surface area is 219 Å². The van der Waals surface area contributed by atoms with Gasteiger partial charge >= 0.3 is 0 Å². The lowest BCUT2D eigenvalue weighted by molar-refractivity contribution is -0.113. The number of benzene rings is 2. The molecule has 3 aromatic rings. The van der Waals surface area contributed by atoms with Gasteiger partial charge in [-0.25, -0.2) is 12.8 Å². The van der Waals surface area contributed by atoms with E-state index in [0.717, 1.165) is 43.4 Å².